The summed E-state index contributed by atoms with van der Waals surface area (Å²) < 4.78 is 0. The summed E-state index contributed by atoms with van der Waals surface area (Å²) in [4.78, 5) is 30.7. The molecule has 4 fully saturated rings. The zero-order valence-electron chi connectivity index (χ0n) is 18.0. The van der Waals surface area contributed by atoms with Gasteiger partial charge in [-0.25, -0.2) is 0 Å². The van der Waals surface area contributed by atoms with Crippen LogP contribution in [0.4, 0.5) is 0 Å². The van der Waals surface area contributed by atoms with Gasteiger partial charge in [-0.2, -0.15) is 0 Å². The van der Waals surface area contributed by atoms with Crippen molar-refractivity contribution in [1.82, 2.24) is 15.1 Å². The monoisotopic (exact) mass is 409 g/mol. The van der Waals surface area contributed by atoms with E-state index in [1.54, 1.807) is 0 Å². The highest BCUT2D eigenvalue weighted by Gasteiger charge is 2.49. The SMILES string of the molecule is O=C(CCC[C@@H]1[C@H]2CCCN3CCC[C@@H](CN1C(=O)c1ccccc1)[C@@H]23)NC1CC1. The molecule has 1 aromatic carbocycles. The standard InChI is InChI=1S/C25H35N3O2/c29-23(26-20-13-14-20)12-4-11-22-21-10-6-16-27-15-5-9-19(24(21)27)17-28(22)25(30)18-7-2-1-3-8-18/h1-3,7-8,19-22,24H,4-6,9-17H2,(H,26,29)/t19-,21+,22+,24-/m0/s1. The molecule has 1 aliphatic carbocycles. The van der Waals surface area contributed by atoms with Gasteiger partial charge in [0.1, 0.15) is 0 Å². The third-order valence-electron chi connectivity index (χ3n) is 7.80. The summed E-state index contributed by atoms with van der Waals surface area (Å²) in [6.45, 7) is 3.33. The fourth-order valence-corrected chi connectivity index (χ4v) is 6.34. The van der Waals surface area contributed by atoms with Gasteiger partial charge in [0.2, 0.25) is 5.91 Å². The van der Waals surface area contributed by atoms with E-state index in [-0.39, 0.29) is 17.9 Å². The third-order valence-corrected chi connectivity index (χ3v) is 7.80. The van der Waals surface area contributed by atoms with E-state index in [2.05, 4.69) is 15.1 Å². The van der Waals surface area contributed by atoms with E-state index in [1.807, 2.05) is 30.3 Å². The maximum atomic E-state index is 13.5. The van der Waals surface area contributed by atoms with Gasteiger partial charge in [0.15, 0.2) is 0 Å². The number of amides is 2. The lowest BCUT2D eigenvalue weighted by Crippen LogP contribution is -2.65. The van der Waals surface area contributed by atoms with Crippen molar-refractivity contribution in [2.45, 2.75) is 75.9 Å². The van der Waals surface area contributed by atoms with Crippen molar-refractivity contribution in [2.24, 2.45) is 11.8 Å². The van der Waals surface area contributed by atoms with Gasteiger partial charge in [-0.05, 0) is 88.4 Å². The second kappa shape index (κ2) is 8.70. The van der Waals surface area contributed by atoms with Crippen molar-refractivity contribution in [1.29, 1.82) is 0 Å². The number of piperidine rings is 3. The van der Waals surface area contributed by atoms with Crippen molar-refractivity contribution in [3.8, 4) is 0 Å². The van der Waals surface area contributed by atoms with Crippen LogP contribution in [0, 0.1) is 11.8 Å². The van der Waals surface area contributed by atoms with Crippen LogP contribution in [0.25, 0.3) is 0 Å². The van der Waals surface area contributed by atoms with Crippen molar-refractivity contribution in [3.63, 3.8) is 0 Å². The summed E-state index contributed by atoms with van der Waals surface area (Å²) in [5, 5.41) is 3.11. The molecule has 0 radical (unpaired) electrons. The fraction of sp³-hybridized carbons (Fsp3) is 0.680. The molecule has 0 spiro atoms. The molecule has 5 rings (SSSR count). The Morgan fingerprint density at radius 1 is 1.00 bits per heavy atom. The Labute approximate surface area is 180 Å². The molecule has 30 heavy (non-hydrogen) atoms. The Morgan fingerprint density at radius 2 is 1.77 bits per heavy atom. The number of likely N-dealkylation sites (tertiary alicyclic amines) is 1. The van der Waals surface area contributed by atoms with Crippen LogP contribution in [-0.4, -0.2) is 59.4 Å². The van der Waals surface area contributed by atoms with Crippen molar-refractivity contribution >= 4 is 11.8 Å². The van der Waals surface area contributed by atoms with Crippen LogP contribution < -0.4 is 5.32 Å². The van der Waals surface area contributed by atoms with Crippen LogP contribution in [-0.2, 0) is 4.79 Å². The third kappa shape index (κ3) is 4.14. The Bertz CT molecular complexity index is 761. The predicted octanol–water partition coefficient (Wildman–Crippen LogP) is 3.45. The molecule has 5 heteroatoms. The molecular formula is C25H35N3O2. The summed E-state index contributed by atoms with van der Waals surface area (Å²) in [7, 11) is 0. The molecule has 0 bridgehead atoms. The normalized spacial score (nSPS) is 31.1. The molecule has 0 unspecified atom stereocenters. The summed E-state index contributed by atoms with van der Waals surface area (Å²) >= 11 is 0. The van der Waals surface area contributed by atoms with Gasteiger partial charge in [-0.1, -0.05) is 18.2 Å². The molecule has 4 aliphatic rings. The predicted molar refractivity (Wildman–Crippen MR) is 117 cm³/mol. The maximum absolute atomic E-state index is 13.5. The molecule has 2 amide bonds. The highest BCUT2D eigenvalue weighted by molar-refractivity contribution is 5.94. The van der Waals surface area contributed by atoms with Gasteiger partial charge < -0.3 is 10.2 Å². The van der Waals surface area contributed by atoms with Crippen LogP contribution in [0.15, 0.2) is 30.3 Å². The molecule has 1 N–H and O–H groups in total. The average molecular weight is 410 g/mol. The van der Waals surface area contributed by atoms with Gasteiger partial charge in [-0.3, -0.25) is 14.5 Å². The van der Waals surface area contributed by atoms with Gasteiger partial charge >= 0.3 is 0 Å². The second-order valence-corrected chi connectivity index (χ2v) is 9.86. The van der Waals surface area contributed by atoms with E-state index in [1.165, 1.54) is 38.8 Å². The van der Waals surface area contributed by atoms with E-state index in [9.17, 15) is 9.59 Å². The minimum atomic E-state index is 0.184. The molecule has 3 heterocycles. The van der Waals surface area contributed by atoms with Crippen LogP contribution in [0.1, 0.15) is 68.1 Å². The zero-order chi connectivity index (χ0) is 20.5. The summed E-state index contributed by atoms with van der Waals surface area (Å²) in [5.74, 6) is 1.53. The molecule has 162 valence electrons. The quantitative estimate of drug-likeness (QED) is 0.783. The van der Waals surface area contributed by atoms with Gasteiger partial charge in [0, 0.05) is 36.7 Å². The molecule has 1 saturated carbocycles. The molecule has 1 aromatic rings. The van der Waals surface area contributed by atoms with Gasteiger partial charge in [0.05, 0.1) is 0 Å². The lowest BCUT2D eigenvalue weighted by Gasteiger charge is -2.57. The van der Waals surface area contributed by atoms with Crippen LogP contribution in [0.3, 0.4) is 0 Å². The van der Waals surface area contributed by atoms with E-state index >= 15 is 0 Å². The van der Waals surface area contributed by atoms with Crippen LogP contribution in [0.5, 0.6) is 0 Å². The zero-order valence-corrected chi connectivity index (χ0v) is 18.0. The number of carbonyl (C=O) groups is 2. The topological polar surface area (TPSA) is 52.7 Å². The summed E-state index contributed by atoms with van der Waals surface area (Å²) in [6.07, 6.45) is 9.62. The Kier molecular flexibility index (Phi) is 5.81. The lowest BCUT2D eigenvalue weighted by atomic mass is 9.69. The van der Waals surface area contributed by atoms with Crippen molar-refractivity contribution < 1.29 is 9.59 Å². The first kappa shape index (κ1) is 20.0. The number of rotatable bonds is 6. The highest BCUT2D eigenvalue weighted by atomic mass is 16.2. The number of nitrogens with zero attached hydrogens (tertiary/aromatic N) is 2. The largest absolute Gasteiger partial charge is 0.353 e. The number of hydrogen-bond donors (Lipinski definition) is 1. The molecule has 0 aromatic heterocycles. The summed E-state index contributed by atoms with van der Waals surface area (Å²) in [6, 6.07) is 11.1. The Hall–Kier alpha value is -1.88. The molecular weight excluding hydrogens is 374 g/mol. The Balaban J connectivity index is 1.34. The minimum Gasteiger partial charge on any atom is -0.353 e. The first-order chi connectivity index (χ1) is 14.7. The van der Waals surface area contributed by atoms with Crippen LogP contribution in [0.2, 0.25) is 0 Å². The van der Waals surface area contributed by atoms with Gasteiger partial charge in [-0.15, -0.1) is 0 Å². The minimum absolute atomic E-state index is 0.184. The molecule has 3 aliphatic heterocycles. The smallest absolute Gasteiger partial charge is 0.254 e. The average Bonchev–Trinajstić information content (AvgIpc) is 3.59. The second-order valence-electron chi connectivity index (χ2n) is 9.86. The molecule has 4 atom stereocenters. The van der Waals surface area contributed by atoms with Gasteiger partial charge in [0.25, 0.3) is 5.91 Å². The first-order valence-electron chi connectivity index (χ1n) is 12.1. The van der Waals surface area contributed by atoms with E-state index in [0.29, 0.717) is 30.3 Å². The number of nitrogens with one attached hydrogen (secondary N) is 1. The summed E-state index contributed by atoms with van der Waals surface area (Å²) in [5.41, 5.74) is 0.802. The maximum Gasteiger partial charge on any atom is 0.254 e. The van der Waals surface area contributed by atoms with Crippen LogP contribution >= 0.6 is 0 Å². The van der Waals surface area contributed by atoms with E-state index < -0.39 is 0 Å². The van der Waals surface area contributed by atoms with Crippen molar-refractivity contribution in [3.05, 3.63) is 35.9 Å². The lowest BCUT2D eigenvalue weighted by molar-refractivity contribution is -0.121. The fourth-order valence-electron chi connectivity index (χ4n) is 6.34. The highest BCUT2D eigenvalue weighted by Crippen LogP contribution is 2.43. The van der Waals surface area contributed by atoms with E-state index in [0.717, 1.165) is 37.8 Å². The molecule has 5 nitrogen and oxygen atoms in total. The van der Waals surface area contributed by atoms with E-state index in [4.69, 9.17) is 0 Å². The van der Waals surface area contributed by atoms with Crippen molar-refractivity contribution in [2.75, 3.05) is 19.6 Å². The molecule has 3 saturated heterocycles. The number of hydrogen-bond acceptors (Lipinski definition) is 3. The first-order valence-corrected chi connectivity index (χ1v) is 12.1. The number of benzene rings is 1. The number of carbonyl (C=O) groups excluding carboxylic acids is 2. The Morgan fingerprint density at radius 3 is 2.53 bits per heavy atom.